The number of benzene rings is 1. The number of morpholine rings is 1. The Labute approximate surface area is 154 Å². The van der Waals surface area contributed by atoms with E-state index in [0.29, 0.717) is 6.61 Å². The van der Waals surface area contributed by atoms with E-state index in [1.165, 1.54) is 6.07 Å². The number of ether oxygens (including phenoxy) is 2. The van der Waals surface area contributed by atoms with Crippen LogP contribution in [0.5, 0.6) is 0 Å². The average molecular weight is 361 g/mol. The van der Waals surface area contributed by atoms with Crippen LogP contribution in [-0.2, 0) is 14.9 Å². The van der Waals surface area contributed by atoms with E-state index in [1.807, 2.05) is 13.1 Å². The lowest BCUT2D eigenvalue weighted by Gasteiger charge is -2.37. The molecular formula is C20H28FN3O2. The fraction of sp³-hybridized carbons (Fsp3) is 0.650. The summed E-state index contributed by atoms with van der Waals surface area (Å²) in [4.78, 5) is 6.74. The van der Waals surface area contributed by atoms with Crippen LogP contribution in [0.25, 0.3) is 0 Å². The molecule has 2 atom stereocenters. The highest BCUT2D eigenvalue weighted by atomic mass is 19.1. The van der Waals surface area contributed by atoms with Gasteiger partial charge >= 0.3 is 0 Å². The van der Waals surface area contributed by atoms with Crippen LogP contribution in [0, 0.1) is 5.82 Å². The molecule has 1 saturated carbocycles. The summed E-state index contributed by atoms with van der Waals surface area (Å²) in [5.41, 5.74) is 1.12. The van der Waals surface area contributed by atoms with Crippen molar-refractivity contribution in [3.63, 3.8) is 0 Å². The minimum atomic E-state index is -0.161. The predicted octanol–water partition coefficient (Wildman–Crippen LogP) is 2.31. The molecule has 0 radical (unpaired) electrons. The van der Waals surface area contributed by atoms with E-state index >= 15 is 0 Å². The monoisotopic (exact) mass is 361 g/mol. The second-order valence-corrected chi connectivity index (χ2v) is 7.60. The first-order valence-corrected chi connectivity index (χ1v) is 9.65. The molecule has 1 aromatic rings. The molecule has 4 rings (SSSR count). The van der Waals surface area contributed by atoms with Gasteiger partial charge in [0.15, 0.2) is 5.96 Å². The number of hydrogen-bond acceptors (Lipinski definition) is 3. The molecule has 2 unspecified atom stereocenters. The number of aliphatic imine (C=N–C) groups is 1. The summed E-state index contributed by atoms with van der Waals surface area (Å²) in [5.74, 6) is 0.740. The third-order valence-corrected chi connectivity index (χ3v) is 5.86. The molecule has 6 heteroatoms. The van der Waals surface area contributed by atoms with E-state index < -0.39 is 0 Å². The number of rotatable bonds is 4. The topological polar surface area (TPSA) is 46.1 Å². The Balaban J connectivity index is 1.37. The Morgan fingerprint density at radius 2 is 2.15 bits per heavy atom. The van der Waals surface area contributed by atoms with Crippen molar-refractivity contribution in [3.8, 4) is 0 Å². The molecule has 3 aliphatic rings. The summed E-state index contributed by atoms with van der Waals surface area (Å²) in [5, 5.41) is 3.53. The Morgan fingerprint density at radius 1 is 1.31 bits per heavy atom. The molecule has 1 aliphatic carbocycles. The van der Waals surface area contributed by atoms with Crippen molar-refractivity contribution in [2.45, 2.75) is 43.3 Å². The molecule has 0 bridgehead atoms. The molecule has 26 heavy (non-hydrogen) atoms. The van der Waals surface area contributed by atoms with Crippen molar-refractivity contribution in [3.05, 3.63) is 35.6 Å². The number of nitrogens with one attached hydrogen (secondary N) is 1. The Morgan fingerprint density at radius 3 is 2.85 bits per heavy atom. The first-order chi connectivity index (χ1) is 12.7. The predicted molar refractivity (Wildman–Crippen MR) is 99.0 cm³/mol. The number of hydrogen-bond donors (Lipinski definition) is 1. The molecular weight excluding hydrogens is 333 g/mol. The average Bonchev–Trinajstić information content (AvgIpc) is 3.25. The summed E-state index contributed by atoms with van der Waals surface area (Å²) < 4.78 is 25.3. The zero-order valence-corrected chi connectivity index (χ0v) is 15.4. The maximum Gasteiger partial charge on any atom is 0.193 e. The summed E-state index contributed by atoms with van der Waals surface area (Å²) >= 11 is 0. The van der Waals surface area contributed by atoms with Crippen LogP contribution in [0.1, 0.15) is 31.2 Å². The lowest BCUT2D eigenvalue weighted by Crippen LogP contribution is -2.54. The molecule has 0 aromatic heterocycles. The van der Waals surface area contributed by atoms with Gasteiger partial charge in [-0.3, -0.25) is 4.99 Å². The molecule has 2 heterocycles. The van der Waals surface area contributed by atoms with E-state index in [0.717, 1.165) is 63.4 Å². The largest absolute Gasteiger partial charge is 0.375 e. The van der Waals surface area contributed by atoms with Gasteiger partial charge in [0.2, 0.25) is 0 Å². The number of guanidine groups is 1. The second-order valence-electron chi connectivity index (χ2n) is 7.60. The van der Waals surface area contributed by atoms with Gasteiger partial charge in [-0.2, -0.15) is 0 Å². The molecule has 1 N–H and O–H groups in total. The lowest BCUT2D eigenvalue weighted by atomic mass is 9.96. The first kappa shape index (κ1) is 17.7. The summed E-state index contributed by atoms with van der Waals surface area (Å²) in [7, 11) is 1.82. The van der Waals surface area contributed by atoms with Crippen molar-refractivity contribution < 1.29 is 13.9 Å². The van der Waals surface area contributed by atoms with Crippen molar-refractivity contribution >= 4 is 5.96 Å². The summed E-state index contributed by atoms with van der Waals surface area (Å²) in [6.45, 7) is 3.95. The van der Waals surface area contributed by atoms with Crippen molar-refractivity contribution in [1.82, 2.24) is 10.2 Å². The van der Waals surface area contributed by atoms with Gasteiger partial charge in [-0.1, -0.05) is 12.1 Å². The molecule has 0 amide bonds. The highest BCUT2D eigenvalue weighted by Crippen LogP contribution is 2.47. The fourth-order valence-electron chi connectivity index (χ4n) is 4.11. The zero-order chi connectivity index (χ0) is 18.0. The lowest BCUT2D eigenvalue weighted by molar-refractivity contribution is -0.0817. The molecule has 0 spiro atoms. The van der Waals surface area contributed by atoms with Crippen LogP contribution >= 0.6 is 0 Å². The van der Waals surface area contributed by atoms with Crippen molar-refractivity contribution in [1.29, 1.82) is 0 Å². The van der Waals surface area contributed by atoms with E-state index in [1.54, 1.807) is 12.1 Å². The van der Waals surface area contributed by atoms with E-state index in [9.17, 15) is 4.39 Å². The van der Waals surface area contributed by atoms with E-state index in [2.05, 4.69) is 15.2 Å². The minimum absolute atomic E-state index is 0.0400. The number of nitrogens with zero attached hydrogens (tertiary/aromatic N) is 2. The van der Waals surface area contributed by atoms with Gasteiger partial charge in [0.05, 0.1) is 12.7 Å². The van der Waals surface area contributed by atoms with Crippen LogP contribution in [0.3, 0.4) is 0 Å². The smallest absolute Gasteiger partial charge is 0.193 e. The minimum Gasteiger partial charge on any atom is -0.375 e. The highest BCUT2D eigenvalue weighted by molar-refractivity contribution is 5.80. The van der Waals surface area contributed by atoms with E-state index in [-0.39, 0.29) is 23.4 Å². The third-order valence-electron chi connectivity index (χ3n) is 5.86. The van der Waals surface area contributed by atoms with E-state index in [4.69, 9.17) is 9.47 Å². The van der Waals surface area contributed by atoms with Crippen molar-refractivity contribution in [2.75, 3.05) is 39.9 Å². The van der Waals surface area contributed by atoms with Crippen LogP contribution in [0.4, 0.5) is 4.39 Å². The van der Waals surface area contributed by atoms with Gasteiger partial charge < -0.3 is 19.7 Å². The van der Waals surface area contributed by atoms with Gasteiger partial charge in [-0.25, -0.2) is 4.39 Å². The fourth-order valence-corrected chi connectivity index (χ4v) is 4.11. The molecule has 3 fully saturated rings. The Hall–Kier alpha value is -1.66. The summed E-state index contributed by atoms with van der Waals surface area (Å²) in [6, 6.07) is 7.00. The van der Waals surface area contributed by atoms with Crippen LogP contribution in [0.15, 0.2) is 29.3 Å². The maximum atomic E-state index is 13.6. The molecule has 2 aliphatic heterocycles. The third kappa shape index (κ3) is 3.71. The zero-order valence-electron chi connectivity index (χ0n) is 15.4. The summed E-state index contributed by atoms with van der Waals surface area (Å²) in [6.07, 6.45) is 4.69. The molecule has 142 valence electrons. The van der Waals surface area contributed by atoms with Gasteiger partial charge in [0.1, 0.15) is 11.9 Å². The molecule has 2 saturated heterocycles. The van der Waals surface area contributed by atoms with Gasteiger partial charge in [0, 0.05) is 38.7 Å². The first-order valence-electron chi connectivity index (χ1n) is 9.65. The van der Waals surface area contributed by atoms with Gasteiger partial charge in [0.25, 0.3) is 0 Å². The maximum absolute atomic E-state index is 13.6. The quantitative estimate of drug-likeness (QED) is 0.660. The molecule has 1 aromatic carbocycles. The van der Waals surface area contributed by atoms with Gasteiger partial charge in [-0.15, -0.1) is 0 Å². The normalized spacial score (nSPS) is 28.2. The van der Waals surface area contributed by atoms with Gasteiger partial charge in [-0.05, 0) is 43.4 Å². The van der Waals surface area contributed by atoms with Crippen LogP contribution < -0.4 is 5.32 Å². The van der Waals surface area contributed by atoms with Crippen LogP contribution in [-0.4, -0.2) is 63.0 Å². The Kier molecular flexibility index (Phi) is 5.14. The van der Waals surface area contributed by atoms with Crippen molar-refractivity contribution in [2.24, 2.45) is 4.99 Å². The highest BCUT2D eigenvalue weighted by Gasteiger charge is 2.44. The SMILES string of the molecule is CN=C(NCC1(c2cccc(F)c2)CC1)N1CCOC(C2CCCO2)C1. The number of halogens is 1. The standard InChI is InChI=1S/C20H28FN3O2/c1-22-19(24-9-11-26-18(13-24)17-6-3-10-25-17)23-14-20(7-8-20)15-4-2-5-16(21)12-15/h2,4-5,12,17-18H,3,6-11,13-14H2,1H3,(H,22,23). The van der Waals surface area contributed by atoms with Crippen LogP contribution in [0.2, 0.25) is 0 Å². The molecule has 5 nitrogen and oxygen atoms in total. The Bertz CT molecular complexity index is 656. The second kappa shape index (κ2) is 7.53.